The Morgan fingerprint density at radius 3 is 3.06 bits per heavy atom. The molecule has 1 aromatic rings. The second kappa shape index (κ2) is 6.79. The minimum Gasteiger partial charge on any atom is -0.382 e. The van der Waals surface area contributed by atoms with Crippen LogP contribution < -0.4 is 10.9 Å². The van der Waals surface area contributed by atoms with Crippen LogP contribution in [0.2, 0.25) is 0 Å². The molecular formula is C11H16N2O3. The maximum Gasteiger partial charge on any atom is 0.260 e. The second-order valence-electron chi connectivity index (χ2n) is 3.22. The van der Waals surface area contributed by atoms with Crippen LogP contribution in [0.1, 0.15) is 23.7 Å². The van der Waals surface area contributed by atoms with Gasteiger partial charge in [0.2, 0.25) is 0 Å². The summed E-state index contributed by atoms with van der Waals surface area (Å²) in [6, 6.07) is 3.12. The third-order valence-electron chi connectivity index (χ3n) is 2.02. The lowest BCUT2D eigenvalue weighted by Gasteiger charge is -2.04. The van der Waals surface area contributed by atoms with Gasteiger partial charge in [-0.3, -0.25) is 9.59 Å². The van der Waals surface area contributed by atoms with E-state index >= 15 is 0 Å². The van der Waals surface area contributed by atoms with E-state index < -0.39 is 0 Å². The van der Waals surface area contributed by atoms with Crippen LogP contribution in [-0.2, 0) is 4.74 Å². The van der Waals surface area contributed by atoms with Gasteiger partial charge in [-0.1, -0.05) is 0 Å². The fraction of sp³-hybridized carbons (Fsp3) is 0.455. The van der Waals surface area contributed by atoms with Gasteiger partial charge in [0.25, 0.3) is 11.5 Å². The molecule has 0 saturated carbocycles. The van der Waals surface area contributed by atoms with E-state index in [1.54, 1.807) is 6.07 Å². The molecule has 88 valence electrons. The van der Waals surface area contributed by atoms with Gasteiger partial charge in [-0.2, -0.15) is 0 Å². The molecule has 0 saturated heterocycles. The largest absolute Gasteiger partial charge is 0.382 e. The summed E-state index contributed by atoms with van der Waals surface area (Å²) in [6.07, 6.45) is 2.23. The molecule has 0 bridgehead atoms. The molecule has 0 aliphatic heterocycles. The third kappa shape index (κ3) is 3.86. The zero-order valence-corrected chi connectivity index (χ0v) is 9.29. The molecule has 2 N–H and O–H groups in total. The predicted molar refractivity (Wildman–Crippen MR) is 60.5 cm³/mol. The molecule has 0 fully saturated rings. The molecule has 1 aromatic heterocycles. The predicted octanol–water partition coefficient (Wildman–Crippen LogP) is 0.531. The van der Waals surface area contributed by atoms with E-state index in [0.717, 1.165) is 6.42 Å². The molecule has 5 heteroatoms. The summed E-state index contributed by atoms with van der Waals surface area (Å²) in [5.74, 6) is -0.349. The van der Waals surface area contributed by atoms with Crippen LogP contribution >= 0.6 is 0 Å². The molecule has 1 heterocycles. The lowest BCUT2D eigenvalue weighted by molar-refractivity contribution is 0.0943. The maximum atomic E-state index is 11.5. The van der Waals surface area contributed by atoms with Crippen molar-refractivity contribution in [1.82, 2.24) is 10.3 Å². The standard InChI is InChI=1S/C11H16N2O3/c1-2-16-8-4-7-13-11(15)9-5-3-6-12-10(9)14/h3,5-6H,2,4,7-8H2,1H3,(H,12,14)(H,13,15). The highest BCUT2D eigenvalue weighted by atomic mass is 16.5. The molecule has 16 heavy (non-hydrogen) atoms. The highest BCUT2D eigenvalue weighted by Crippen LogP contribution is 1.89. The molecule has 5 nitrogen and oxygen atoms in total. The Morgan fingerprint density at radius 2 is 2.38 bits per heavy atom. The first kappa shape index (κ1) is 12.4. The van der Waals surface area contributed by atoms with Crippen LogP contribution in [0, 0.1) is 0 Å². The smallest absolute Gasteiger partial charge is 0.260 e. The Hall–Kier alpha value is -1.62. The molecular weight excluding hydrogens is 208 g/mol. The van der Waals surface area contributed by atoms with E-state index in [9.17, 15) is 9.59 Å². The minimum absolute atomic E-state index is 0.138. The zero-order chi connectivity index (χ0) is 11.8. The number of carbonyl (C=O) groups excluding carboxylic acids is 1. The molecule has 1 amide bonds. The summed E-state index contributed by atoms with van der Waals surface area (Å²) in [5.41, 5.74) is -0.233. The summed E-state index contributed by atoms with van der Waals surface area (Å²) in [7, 11) is 0. The molecule has 0 radical (unpaired) electrons. The maximum absolute atomic E-state index is 11.5. The Bertz CT molecular complexity index is 387. The van der Waals surface area contributed by atoms with Crippen molar-refractivity contribution in [3.63, 3.8) is 0 Å². The van der Waals surface area contributed by atoms with Crippen LogP contribution in [-0.4, -0.2) is 30.6 Å². The highest BCUT2D eigenvalue weighted by molar-refractivity contribution is 5.93. The van der Waals surface area contributed by atoms with Crippen molar-refractivity contribution in [1.29, 1.82) is 0 Å². The quantitative estimate of drug-likeness (QED) is 0.692. The summed E-state index contributed by atoms with van der Waals surface area (Å²) >= 11 is 0. The average molecular weight is 224 g/mol. The fourth-order valence-corrected chi connectivity index (χ4v) is 1.22. The molecule has 0 aromatic carbocycles. The molecule has 1 rings (SSSR count). The monoisotopic (exact) mass is 224 g/mol. The van der Waals surface area contributed by atoms with Crippen LogP contribution in [0.3, 0.4) is 0 Å². The number of H-pyrrole nitrogens is 1. The minimum atomic E-state index is -0.371. The Kier molecular flexibility index (Phi) is 5.28. The number of amides is 1. The summed E-state index contributed by atoms with van der Waals surface area (Å²) in [5, 5.41) is 2.66. The van der Waals surface area contributed by atoms with Crippen LogP contribution in [0.5, 0.6) is 0 Å². The second-order valence-corrected chi connectivity index (χ2v) is 3.22. The number of ether oxygens (including phenoxy) is 1. The number of carbonyl (C=O) groups is 1. The number of rotatable bonds is 6. The zero-order valence-electron chi connectivity index (χ0n) is 9.29. The number of nitrogens with one attached hydrogen (secondary N) is 2. The Morgan fingerprint density at radius 1 is 1.56 bits per heavy atom. The van der Waals surface area contributed by atoms with Gasteiger partial charge in [-0.25, -0.2) is 0 Å². The molecule has 0 spiro atoms. The topological polar surface area (TPSA) is 71.2 Å². The Balaban J connectivity index is 2.36. The van der Waals surface area contributed by atoms with Gasteiger partial charge < -0.3 is 15.0 Å². The van der Waals surface area contributed by atoms with Crippen molar-refractivity contribution >= 4 is 5.91 Å². The molecule has 0 unspecified atom stereocenters. The van der Waals surface area contributed by atoms with Gasteiger partial charge in [-0.05, 0) is 25.5 Å². The van der Waals surface area contributed by atoms with E-state index in [1.165, 1.54) is 12.3 Å². The molecule has 0 aliphatic rings. The number of aromatic nitrogens is 1. The first-order valence-corrected chi connectivity index (χ1v) is 5.29. The fourth-order valence-electron chi connectivity index (χ4n) is 1.22. The van der Waals surface area contributed by atoms with Gasteiger partial charge in [0, 0.05) is 26.0 Å². The van der Waals surface area contributed by atoms with Crippen molar-refractivity contribution in [2.24, 2.45) is 0 Å². The molecule has 0 aliphatic carbocycles. The van der Waals surface area contributed by atoms with Gasteiger partial charge in [0.15, 0.2) is 0 Å². The van der Waals surface area contributed by atoms with Gasteiger partial charge in [0.05, 0.1) is 0 Å². The lowest BCUT2D eigenvalue weighted by Crippen LogP contribution is -2.30. The van der Waals surface area contributed by atoms with Crippen molar-refractivity contribution in [2.75, 3.05) is 19.8 Å². The lowest BCUT2D eigenvalue weighted by atomic mass is 10.2. The highest BCUT2D eigenvalue weighted by Gasteiger charge is 2.07. The van der Waals surface area contributed by atoms with Gasteiger partial charge in [-0.15, -0.1) is 0 Å². The van der Waals surface area contributed by atoms with Crippen molar-refractivity contribution in [3.05, 3.63) is 34.2 Å². The van der Waals surface area contributed by atoms with E-state index in [4.69, 9.17) is 4.74 Å². The van der Waals surface area contributed by atoms with Crippen LogP contribution in [0.4, 0.5) is 0 Å². The summed E-state index contributed by atoms with van der Waals surface area (Å²) in [4.78, 5) is 25.2. The van der Waals surface area contributed by atoms with Crippen LogP contribution in [0.15, 0.2) is 23.1 Å². The van der Waals surface area contributed by atoms with E-state index in [0.29, 0.717) is 19.8 Å². The van der Waals surface area contributed by atoms with Crippen LogP contribution in [0.25, 0.3) is 0 Å². The molecule has 0 atom stereocenters. The SMILES string of the molecule is CCOCCCNC(=O)c1ccc[nH]c1=O. The van der Waals surface area contributed by atoms with Crippen molar-refractivity contribution in [3.8, 4) is 0 Å². The average Bonchev–Trinajstić information content (AvgIpc) is 2.29. The van der Waals surface area contributed by atoms with Crippen molar-refractivity contribution in [2.45, 2.75) is 13.3 Å². The summed E-state index contributed by atoms with van der Waals surface area (Å²) in [6.45, 7) is 3.71. The number of pyridine rings is 1. The van der Waals surface area contributed by atoms with Gasteiger partial charge >= 0.3 is 0 Å². The first-order valence-electron chi connectivity index (χ1n) is 5.29. The van der Waals surface area contributed by atoms with Crippen molar-refractivity contribution < 1.29 is 9.53 Å². The normalized spacial score (nSPS) is 10.1. The number of hydrogen-bond acceptors (Lipinski definition) is 3. The third-order valence-corrected chi connectivity index (χ3v) is 2.02. The Labute approximate surface area is 93.8 Å². The number of aromatic amines is 1. The van der Waals surface area contributed by atoms with E-state index in [1.807, 2.05) is 6.92 Å². The number of hydrogen-bond donors (Lipinski definition) is 2. The van der Waals surface area contributed by atoms with E-state index in [2.05, 4.69) is 10.3 Å². The van der Waals surface area contributed by atoms with E-state index in [-0.39, 0.29) is 17.0 Å². The summed E-state index contributed by atoms with van der Waals surface area (Å²) < 4.78 is 5.13. The first-order chi connectivity index (χ1) is 7.75. The van der Waals surface area contributed by atoms with Gasteiger partial charge in [0.1, 0.15) is 5.56 Å².